The molecule has 0 spiro atoms. The minimum Gasteiger partial charge on any atom is -0.497 e. The number of rotatable bonds is 6. The van der Waals surface area contributed by atoms with Crippen molar-refractivity contribution in [1.82, 2.24) is 0 Å². The lowest BCUT2D eigenvalue weighted by Gasteiger charge is -2.06. The minimum absolute atomic E-state index is 0.229. The van der Waals surface area contributed by atoms with Gasteiger partial charge in [0, 0.05) is 23.1 Å². The average molecular weight is 338 g/mol. The normalized spacial score (nSPS) is 11.0. The van der Waals surface area contributed by atoms with Crippen molar-refractivity contribution in [2.45, 2.75) is 0 Å². The molecule has 0 radical (unpaired) electrons. The number of furan rings is 1. The molecule has 0 saturated carbocycles. The first-order chi connectivity index (χ1) is 12.1. The lowest BCUT2D eigenvalue weighted by molar-refractivity contribution is 0.102. The number of fused-ring (bicyclic) bond motifs is 1. The molecule has 25 heavy (non-hydrogen) atoms. The van der Waals surface area contributed by atoms with Crippen LogP contribution in [0.15, 0.2) is 53.0 Å². The van der Waals surface area contributed by atoms with E-state index in [0.717, 1.165) is 10.9 Å². The van der Waals surface area contributed by atoms with Crippen LogP contribution in [0.4, 0.5) is 0 Å². The summed E-state index contributed by atoms with van der Waals surface area (Å²) in [6.07, 6.45) is 3.15. The van der Waals surface area contributed by atoms with Gasteiger partial charge in [0.1, 0.15) is 22.8 Å². The maximum Gasteiger partial charge on any atom is 0.221 e. The van der Waals surface area contributed by atoms with Gasteiger partial charge < -0.3 is 18.6 Å². The van der Waals surface area contributed by atoms with Gasteiger partial charge in [0.25, 0.3) is 0 Å². The summed E-state index contributed by atoms with van der Waals surface area (Å²) >= 11 is 0. The Morgan fingerprint density at radius 1 is 0.920 bits per heavy atom. The third-order valence-corrected chi connectivity index (χ3v) is 3.83. The molecule has 0 aliphatic rings. The van der Waals surface area contributed by atoms with Gasteiger partial charge in [0.2, 0.25) is 5.78 Å². The zero-order valence-electron chi connectivity index (χ0n) is 14.2. The second-order valence-electron chi connectivity index (χ2n) is 5.32. The highest BCUT2D eigenvalue weighted by Gasteiger charge is 2.11. The predicted octanol–water partition coefficient (Wildman–Crippen LogP) is 4.35. The fraction of sp³-hybridized carbons (Fsp3) is 0.150. The molecule has 0 bridgehead atoms. The lowest BCUT2D eigenvalue weighted by Crippen LogP contribution is -1.92. The van der Waals surface area contributed by atoms with Crippen molar-refractivity contribution in [3.05, 3.63) is 59.9 Å². The van der Waals surface area contributed by atoms with Crippen molar-refractivity contribution in [1.29, 1.82) is 0 Å². The first-order valence-corrected chi connectivity index (χ1v) is 7.66. The zero-order chi connectivity index (χ0) is 17.8. The van der Waals surface area contributed by atoms with Gasteiger partial charge in [-0.05, 0) is 42.5 Å². The molecule has 2 aromatic carbocycles. The standard InChI is InChI=1S/C20H18O5/c1-22-15-7-4-13(18(11-15)24-3)6-9-17(21)20-10-14-5-8-16(23-2)12-19(14)25-20/h4-12H,1-3H3. The van der Waals surface area contributed by atoms with Crippen LogP contribution in [0.25, 0.3) is 17.0 Å². The maximum atomic E-state index is 12.4. The van der Waals surface area contributed by atoms with E-state index in [1.54, 1.807) is 51.7 Å². The molecule has 0 saturated heterocycles. The highest BCUT2D eigenvalue weighted by Crippen LogP contribution is 2.27. The van der Waals surface area contributed by atoms with Crippen LogP contribution < -0.4 is 14.2 Å². The van der Waals surface area contributed by atoms with Gasteiger partial charge in [-0.2, -0.15) is 0 Å². The molecule has 1 aromatic heterocycles. The summed E-state index contributed by atoms with van der Waals surface area (Å²) in [7, 11) is 4.74. The SMILES string of the molecule is COc1ccc(C=CC(=O)c2cc3ccc(OC)cc3o2)c(OC)c1. The lowest BCUT2D eigenvalue weighted by atomic mass is 10.1. The molecule has 0 fully saturated rings. The maximum absolute atomic E-state index is 12.4. The van der Waals surface area contributed by atoms with E-state index in [-0.39, 0.29) is 11.5 Å². The van der Waals surface area contributed by atoms with Crippen molar-refractivity contribution in [2.24, 2.45) is 0 Å². The molecular formula is C20H18O5. The first kappa shape index (κ1) is 16.6. The van der Waals surface area contributed by atoms with E-state index in [9.17, 15) is 4.79 Å². The molecule has 0 unspecified atom stereocenters. The largest absolute Gasteiger partial charge is 0.497 e. The molecule has 0 aliphatic heterocycles. The number of ketones is 1. The van der Waals surface area contributed by atoms with E-state index in [1.807, 2.05) is 18.2 Å². The van der Waals surface area contributed by atoms with E-state index in [2.05, 4.69) is 0 Å². The Kier molecular flexibility index (Phi) is 4.75. The Bertz CT molecular complexity index is 936. The predicted molar refractivity (Wildman–Crippen MR) is 95.7 cm³/mol. The van der Waals surface area contributed by atoms with Gasteiger partial charge in [-0.15, -0.1) is 0 Å². The molecule has 0 atom stereocenters. The summed E-state index contributed by atoms with van der Waals surface area (Å²) in [5, 5.41) is 0.847. The Morgan fingerprint density at radius 3 is 2.36 bits per heavy atom. The fourth-order valence-corrected chi connectivity index (χ4v) is 2.46. The van der Waals surface area contributed by atoms with Gasteiger partial charge in [-0.25, -0.2) is 0 Å². The number of carbonyl (C=O) groups is 1. The topological polar surface area (TPSA) is 57.9 Å². The number of hydrogen-bond acceptors (Lipinski definition) is 5. The summed E-state index contributed by atoms with van der Waals surface area (Å²) in [5.41, 5.74) is 1.38. The third-order valence-electron chi connectivity index (χ3n) is 3.83. The van der Waals surface area contributed by atoms with Crippen molar-refractivity contribution in [3.8, 4) is 17.2 Å². The smallest absolute Gasteiger partial charge is 0.221 e. The van der Waals surface area contributed by atoms with Gasteiger partial charge in [-0.3, -0.25) is 4.79 Å². The summed E-state index contributed by atoms with van der Waals surface area (Å²) in [6, 6.07) is 12.5. The molecule has 128 valence electrons. The second kappa shape index (κ2) is 7.13. The Hall–Kier alpha value is -3.21. The fourth-order valence-electron chi connectivity index (χ4n) is 2.46. The molecular weight excluding hydrogens is 320 g/mol. The van der Waals surface area contributed by atoms with Crippen molar-refractivity contribution >= 4 is 22.8 Å². The minimum atomic E-state index is -0.229. The highest BCUT2D eigenvalue weighted by molar-refractivity contribution is 6.07. The van der Waals surface area contributed by atoms with Crippen molar-refractivity contribution < 1.29 is 23.4 Å². The van der Waals surface area contributed by atoms with E-state index in [4.69, 9.17) is 18.6 Å². The van der Waals surface area contributed by atoms with Crippen LogP contribution in [0.1, 0.15) is 16.1 Å². The van der Waals surface area contributed by atoms with Crippen LogP contribution in [0.5, 0.6) is 17.2 Å². The number of benzene rings is 2. The van der Waals surface area contributed by atoms with E-state index in [1.165, 1.54) is 6.08 Å². The Labute approximate surface area is 145 Å². The van der Waals surface area contributed by atoms with E-state index < -0.39 is 0 Å². The van der Waals surface area contributed by atoms with E-state index in [0.29, 0.717) is 22.8 Å². The third kappa shape index (κ3) is 3.50. The van der Waals surface area contributed by atoms with Gasteiger partial charge >= 0.3 is 0 Å². The summed E-state index contributed by atoms with van der Waals surface area (Å²) in [5.74, 6) is 2.03. The zero-order valence-corrected chi connectivity index (χ0v) is 14.2. The van der Waals surface area contributed by atoms with Crippen LogP contribution in [0, 0.1) is 0 Å². The molecule has 1 heterocycles. The number of hydrogen-bond donors (Lipinski definition) is 0. The van der Waals surface area contributed by atoms with Gasteiger partial charge in [0.05, 0.1) is 21.3 Å². The van der Waals surface area contributed by atoms with Crippen molar-refractivity contribution in [3.63, 3.8) is 0 Å². The number of carbonyl (C=O) groups excluding carboxylic acids is 1. The molecule has 0 aliphatic carbocycles. The van der Waals surface area contributed by atoms with Crippen LogP contribution in [0.2, 0.25) is 0 Å². The molecule has 0 amide bonds. The summed E-state index contributed by atoms with van der Waals surface area (Å²) in [4.78, 5) is 12.4. The quantitative estimate of drug-likeness (QED) is 0.494. The molecule has 0 N–H and O–H groups in total. The van der Waals surface area contributed by atoms with Crippen molar-refractivity contribution in [2.75, 3.05) is 21.3 Å². The number of allylic oxidation sites excluding steroid dienone is 1. The van der Waals surface area contributed by atoms with Crippen LogP contribution >= 0.6 is 0 Å². The number of methoxy groups -OCH3 is 3. The molecule has 5 nitrogen and oxygen atoms in total. The molecule has 3 rings (SSSR count). The van der Waals surface area contributed by atoms with Crippen LogP contribution in [-0.4, -0.2) is 27.1 Å². The van der Waals surface area contributed by atoms with Gasteiger partial charge in [0.15, 0.2) is 5.76 Å². The first-order valence-electron chi connectivity index (χ1n) is 7.66. The molecule has 3 aromatic rings. The monoisotopic (exact) mass is 338 g/mol. The average Bonchev–Trinajstić information content (AvgIpc) is 3.09. The van der Waals surface area contributed by atoms with Gasteiger partial charge in [-0.1, -0.05) is 0 Å². The highest BCUT2D eigenvalue weighted by atomic mass is 16.5. The van der Waals surface area contributed by atoms with Crippen LogP contribution in [-0.2, 0) is 0 Å². The molecule has 5 heteroatoms. The Morgan fingerprint density at radius 2 is 1.64 bits per heavy atom. The summed E-state index contributed by atoms with van der Waals surface area (Å²) in [6.45, 7) is 0. The second-order valence-corrected chi connectivity index (χ2v) is 5.32. The Balaban J connectivity index is 1.85. The van der Waals surface area contributed by atoms with Crippen LogP contribution in [0.3, 0.4) is 0 Å². The summed E-state index contributed by atoms with van der Waals surface area (Å²) < 4.78 is 21.3. The number of ether oxygens (including phenoxy) is 3. The van der Waals surface area contributed by atoms with E-state index >= 15 is 0 Å².